The Morgan fingerprint density at radius 1 is 0.830 bits per heavy atom. The molecule has 4 saturated carbocycles. The number of ether oxygens (including phenoxy) is 3. The van der Waals surface area contributed by atoms with Crippen molar-refractivity contribution in [1.29, 1.82) is 0 Å². The third-order valence-electron chi connectivity index (χ3n) is 15.1. The highest BCUT2D eigenvalue weighted by Crippen LogP contribution is 2.75. The Hall–Kier alpha value is -0.990. The highest BCUT2D eigenvalue weighted by molar-refractivity contribution is 5.84. The number of amides is 1. The molecule has 5 aliphatic carbocycles. The summed E-state index contributed by atoms with van der Waals surface area (Å²) in [6, 6.07) is 0. The number of aliphatic hydroxyl groups excluding tert-OH is 1. The minimum atomic E-state index is -0.303. The first kappa shape index (κ1) is 37.3. The molecular weight excluding hydrogens is 588 g/mol. The molecule has 0 radical (unpaired) electrons. The zero-order chi connectivity index (χ0) is 34.1. The van der Waals surface area contributed by atoms with Crippen molar-refractivity contribution in [2.24, 2.45) is 56.0 Å². The van der Waals surface area contributed by atoms with Crippen molar-refractivity contribution in [3.63, 3.8) is 0 Å². The Morgan fingerprint density at radius 3 is 2.15 bits per heavy atom. The number of fused-ring (bicyclic) bond motifs is 7. The van der Waals surface area contributed by atoms with Gasteiger partial charge in [-0.1, -0.05) is 60.1 Å². The monoisotopic (exact) mass is 659 g/mol. The summed E-state index contributed by atoms with van der Waals surface area (Å²) >= 11 is 0. The summed E-state index contributed by atoms with van der Waals surface area (Å²) < 4.78 is 16.8. The lowest BCUT2D eigenvalue weighted by atomic mass is 9.33. The summed E-state index contributed by atoms with van der Waals surface area (Å²) in [5.41, 5.74) is 7.56. The van der Waals surface area contributed by atoms with Gasteiger partial charge in [0.2, 0.25) is 5.91 Å². The smallest absolute Gasteiger partial charge is 0.226 e. The predicted molar refractivity (Wildman–Crippen MR) is 189 cm³/mol. The average Bonchev–Trinajstić information content (AvgIpc) is 3.01. The average molecular weight is 659 g/mol. The molecule has 0 aliphatic heterocycles. The Labute approximate surface area is 286 Å². The van der Waals surface area contributed by atoms with Crippen molar-refractivity contribution in [1.82, 2.24) is 5.32 Å². The molecule has 47 heavy (non-hydrogen) atoms. The maximum atomic E-state index is 14.3. The Morgan fingerprint density at radius 2 is 1.47 bits per heavy atom. The Balaban J connectivity index is 1.22. The van der Waals surface area contributed by atoms with Gasteiger partial charge in [-0.25, -0.2) is 0 Å². The molecule has 4 fully saturated rings. The lowest BCUT2D eigenvalue weighted by Crippen LogP contribution is -2.65. The van der Waals surface area contributed by atoms with Gasteiger partial charge in [0.1, 0.15) is 0 Å². The van der Waals surface area contributed by atoms with Crippen molar-refractivity contribution in [2.45, 2.75) is 132 Å². The maximum absolute atomic E-state index is 14.3. The van der Waals surface area contributed by atoms with Gasteiger partial charge in [-0.3, -0.25) is 4.79 Å². The molecule has 0 bridgehead atoms. The topological polar surface area (TPSA) is 103 Å². The molecule has 0 saturated heterocycles. The van der Waals surface area contributed by atoms with E-state index in [1.807, 2.05) is 0 Å². The van der Waals surface area contributed by atoms with Gasteiger partial charge in [-0.2, -0.15) is 0 Å². The molecule has 1 amide bonds. The quantitative estimate of drug-likeness (QED) is 0.137. The number of carbonyl (C=O) groups is 1. The number of rotatable bonds is 14. The normalized spacial score (nSPS) is 40.3. The van der Waals surface area contributed by atoms with Crippen LogP contribution in [0, 0.1) is 50.2 Å². The van der Waals surface area contributed by atoms with Gasteiger partial charge < -0.3 is 30.4 Å². The third-order valence-corrected chi connectivity index (χ3v) is 15.1. The number of allylic oxidation sites excluding steroid dienone is 2. The van der Waals surface area contributed by atoms with E-state index in [0.29, 0.717) is 70.5 Å². The Kier molecular flexibility index (Phi) is 11.4. The van der Waals surface area contributed by atoms with Crippen molar-refractivity contribution in [3.8, 4) is 0 Å². The standard InChI is InChI=1S/C40H70N2O5/c1-35(2)16-18-40(34(44)42-21-9-23-46-25-27-47-26-24-45-22-8-20-41)19-17-38(6)29(30(40)28-35)10-11-32-37(5)14-13-33(43)36(3,4)31(37)12-15-39(32,38)7/h10,30-33,43H,8-9,11-28,41H2,1-7H3,(H,42,44)/t30-,31-,32+,33-,37-,38+,39+,40-/m0/s1. The summed E-state index contributed by atoms with van der Waals surface area (Å²) in [6.45, 7) is 22.2. The molecule has 0 heterocycles. The van der Waals surface area contributed by atoms with E-state index >= 15 is 0 Å². The molecule has 8 atom stereocenters. The molecule has 0 aromatic heterocycles. The zero-order valence-electron chi connectivity index (χ0n) is 31.2. The Bertz CT molecular complexity index is 1120. The molecule has 0 aromatic rings. The van der Waals surface area contributed by atoms with Gasteiger partial charge in [0.25, 0.3) is 0 Å². The van der Waals surface area contributed by atoms with Crippen LogP contribution in [0.15, 0.2) is 11.6 Å². The summed E-state index contributed by atoms with van der Waals surface area (Å²) in [6.07, 6.45) is 15.0. The first-order valence-corrected chi connectivity index (χ1v) is 19.3. The van der Waals surface area contributed by atoms with Crippen LogP contribution < -0.4 is 11.1 Å². The molecular formula is C40H70N2O5. The lowest BCUT2D eigenvalue weighted by molar-refractivity contribution is -0.203. The molecule has 0 aromatic carbocycles. The largest absolute Gasteiger partial charge is 0.393 e. The molecule has 7 heteroatoms. The van der Waals surface area contributed by atoms with Crippen LogP contribution in [0.4, 0.5) is 0 Å². The third kappa shape index (κ3) is 6.76. The van der Waals surface area contributed by atoms with Crippen molar-refractivity contribution in [2.75, 3.05) is 52.7 Å². The molecule has 7 nitrogen and oxygen atoms in total. The summed E-state index contributed by atoms with van der Waals surface area (Å²) in [7, 11) is 0. The van der Waals surface area contributed by atoms with Crippen molar-refractivity contribution in [3.05, 3.63) is 11.6 Å². The highest BCUT2D eigenvalue weighted by Gasteiger charge is 2.69. The molecule has 0 spiro atoms. The first-order chi connectivity index (χ1) is 22.2. The zero-order valence-corrected chi connectivity index (χ0v) is 31.2. The number of hydrogen-bond acceptors (Lipinski definition) is 6. The van der Waals surface area contributed by atoms with Gasteiger partial charge in [-0.05, 0) is 128 Å². The van der Waals surface area contributed by atoms with Crippen LogP contribution in [0.25, 0.3) is 0 Å². The van der Waals surface area contributed by atoms with Gasteiger partial charge in [0, 0.05) is 19.8 Å². The van der Waals surface area contributed by atoms with E-state index in [2.05, 4.69) is 59.9 Å². The second kappa shape index (κ2) is 14.3. The van der Waals surface area contributed by atoms with Crippen LogP contribution in [-0.4, -0.2) is 69.8 Å². The fourth-order valence-corrected chi connectivity index (χ4v) is 11.9. The van der Waals surface area contributed by atoms with Gasteiger partial charge in [-0.15, -0.1) is 0 Å². The number of hydrogen-bond donors (Lipinski definition) is 3. The fraction of sp³-hybridized carbons (Fsp3) is 0.925. The van der Waals surface area contributed by atoms with Crippen molar-refractivity contribution < 1.29 is 24.1 Å². The SMILES string of the molecule is CC1(C)CC[C@]2(C(=O)NCCCOCCOCCOCCCN)CC[C@]3(C)C(=CC[C@@H]4[C@@]5(C)CC[C@H](O)C(C)(C)[C@@H]5CC[C@]43C)[C@@H]2C1. The molecule has 4 N–H and O–H groups in total. The van der Waals surface area contributed by atoms with E-state index < -0.39 is 0 Å². The predicted octanol–water partition coefficient (Wildman–Crippen LogP) is 7.05. The first-order valence-electron chi connectivity index (χ1n) is 19.3. The molecule has 0 unspecified atom stereocenters. The lowest BCUT2D eigenvalue weighted by Gasteiger charge is -2.71. The van der Waals surface area contributed by atoms with E-state index in [1.165, 1.54) is 12.8 Å². The minimum absolute atomic E-state index is 0.0367. The van der Waals surface area contributed by atoms with Crippen LogP contribution in [0.5, 0.6) is 0 Å². The van der Waals surface area contributed by atoms with Crippen LogP contribution in [0.3, 0.4) is 0 Å². The minimum Gasteiger partial charge on any atom is -0.393 e. The van der Waals surface area contributed by atoms with Gasteiger partial charge >= 0.3 is 0 Å². The van der Waals surface area contributed by atoms with Gasteiger partial charge in [0.05, 0.1) is 37.9 Å². The molecule has 270 valence electrons. The fourth-order valence-electron chi connectivity index (χ4n) is 11.9. The second-order valence-corrected chi connectivity index (χ2v) is 18.3. The molecule has 5 aliphatic rings. The van der Waals surface area contributed by atoms with E-state index in [-0.39, 0.29) is 44.5 Å². The number of carbonyl (C=O) groups excluding carboxylic acids is 1. The van der Waals surface area contributed by atoms with Gasteiger partial charge in [0.15, 0.2) is 0 Å². The van der Waals surface area contributed by atoms with Crippen LogP contribution in [-0.2, 0) is 19.0 Å². The van der Waals surface area contributed by atoms with E-state index in [1.54, 1.807) is 5.57 Å². The number of nitrogens with one attached hydrogen (secondary N) is 1. The highest BCUT2D eigenvalue weighted by atomic mass is 16.5. The summed E-state index contributed by atoms with van der Waals surface area (Å²) in [5.74, 6) is 1.77. The molecule has 5 rings (SSSR count). The summed E-state index contributed by atoms with van der Waals surface area (Å²) in [5, 5.41) is 14.5. The second-order valence-electron chi connectivity index (χ2n) is 18.3. The number of nitrogens with two attached hydrogens (primary N) is 1. The van der Waals surface area contributed by atoms with Crippen LogP contribution in [0.2, 0.25) is 0 Å². The van der Waals surface area contributed by atoms with E-state index in [4.69, 9.17) is 19.9 Å². The number of aliphatic hydroxyl groups is 1. The van der Waals surface area contributed by atoms with E-state index in [9.17, 15) is 9.90 Å². The van der Waals surface area contributed by atoms with E-state index in [0.717, 1.165) is 64.2 Å². The van der Waals surface area contributed by atoms with Crippen LogP contribution in [0.1, 0.15) is 126 Å². The van der Waals surface area contributed by atoms with Crippen LogP contribution >= 0.6 is 0 Å². The van der Waals surface area contributed by atoms with Crippen molar-refractivity contribution >= 4 is 5.91 Å². The maximum Gasteiger partial charge on any atom is 0.226 e. The summed E-state index contributed by atoms with van der Waals surface area (Å²) in [4.78, 5) is 14.3.